The zero-order valence-electron chi connectivity index (χ0n) is 11.0. The van der Waals surface area contributed by atoms with Gasteiger partial charge in [-0.25, -0.2) is 0 Å². The molecule has 0 amide bonds. The molecule has 0 saturated heterocycles. The molecule has 0 aromatic carbocycles. The van der Waals surface area contributed by atoms with Crippen molar-refractivity contribution in [1.82, 2.24) is 0 Å². The maximum absolute atomic E-state index is 12.7. The molecule has 0 aliphatic heterocycles. The summed E-state index contributed by atoms with van der Waals surface area (Å²) in [6.07, 6.45) is 0.0365. The van der Waals surface area contributed by atoms with Gasteiger partial charge >= 0.3 is 11.3 Å². The van der Waals surface area contributed by atoms with Gasteiger partial charge in [-0.1, -0.05) is 0 Å². The van der Waals surface area contributed by atoms with Crippen molar-refractivity contribution in [2.24, 2.45) is 0 Å². The van der Waals surface area contributed by atoms with Gasteiger partial charge in [-0.05, 0) is 12.8 Å². The lowest BCUT2D eigenvalue weighted by Crippen LogP contribution is -2.29. The molecule has 14 heteroatoms. The Hall–Kier alpha value is -0.0600. The molecule has 0 aromatic heterocycles. The van der Waals surface area contributed by atoms with E-state index in [0.29, 0.717) is 0 Å². The van der Waals surface area contributed by atoms with Crippen LogP contribution in [0.4, 0.5) is 17.6 Å². The molecular weight excluding hydrogens is 362 g/mol. The summed E-state index contributed by atoms with van der Waals surface area (Å²) in [5.41, 5.74) is -8.86. The monoisotopic (exact) mass is 376 g/mol. The average molecular weight is 376 g/mol. The first-order valence-corrected chi connectivity index (χ1v) is 8.85. The molecule has 0 bridgehead atoms. The molecule has 0 saturated carbocycles. The van der Waals surface area contributed by atoms with Gasteiger partial charge in [0.1, 0.15) is 13.2 Å². The van der Waals surface area contributed by atoms with E-state index < -0.39 is 39.7 Å². The van der Waals surface area contributed by atoms with Crippen LogP contribution in [0, 0.1) is 0 Å². The summed E-state index contributed by atoms with van der Waals surface area (Å²) in [7, 11) is -11.7. The van der Waals surface area contributed by atoms with Crippen LogP contribution in [0.5, 0.6) is 0 Å². The first kappa shape index (κ1) is 21.9. The van der Waals surface area contributed by atoms with Gasteiger partial charge in [0.2, 0.25) is 15.2 Å². The number of rotatable bonds is 11. The van der Waals surface area contributed by atoms with Crippen LogP contribution >= 0.6 is 15.2 Å². The van der Waals surface area contributed by atoms with E-state index in [1.807, 2.05) is 0 Å². The zero-order chi connectivity index (χ0) is 17.7. The van der Waals surface area contributed by atoms with E-state index in [1.54, 1.807) is 0 Å². The van der Waals surface area contributed by atoms with Gasteiger partial charge in [0.25, 0.3) is 0 Å². The fraction of sp³-hybridized carbons (Fsp3) is 1.00. The van der Waals surface area contributed by atoms with E-state index in [-0.39, 0.29) is 26.1 Å². The highest BCUT2D eigenvalue weighted by Gasteiger charge is 2.41. The molecule has 2 atom stereocenters. The van der Waals surface area contributed by atoms with Crippen molar-refractivity contribution in [1.29, 1.82) is 0 Å². The Balaban J connectivity index is 3.77. The van der Waals surface area contributed by atoms with Crippen molar-refractivity contribution in [3.63, 3.8) is 0 Å². The van der Waals surface area contributed by atoms with Gasteiger partial charge in [-0.15, -0.1) is 0 Å². The molecular formula is C8H14F4O8P2-2. The summed E-state index contributed by atoms with van der Waals surface area (Å²) >= 11 is 0. The highest BCUT2D eigenvalue weighted by Crippen LogP contribution is 2.49. The normalized spacial score (nSPS) is 18.7. The number of alkyl halides is 4. The second-order valence-electron chi connectivity index (χ2n) is 4.18. The van der Waals surface area contributed by atoms with Crippen molar-refractivity contribution in [3.05, 3.63) is 0 Å². The van der Waals surface area contributed by atoms with E-state index >= 15 is 0 Å². The Bertz CT molecular complexity index is 394. The average Bonchev–Trinajstić information content (AvgIpc) is 2.29. The van der Waals surface area contributed by atoms with Crippen LogP contribution in [0.3, 0.4) is 0 Å². The molecule has 0 radical (unpaired) electrons. The highest BCUT2D eigenvalue weighted by atomic mass is 31.2. The standard InChI is InChI=1S/C8H16F4O8P2/c9-7(10,21(13,14)15)5-19-3-1-2-4-20-6-8(11,12)22(16,17)18/h1-6H2,(H2,13,14,15)(H2,16,17,18)/p-2. The van der Waals surface area contributed by atoms with Gasteiger partial charge in [-0.3, -0.25) is 0 Å². The lowest BCUT2D eigenvalue weighted by Gasteiger charge is -2.26. The minimum absolute atomic E-state index is 0.0183. The van der Waals surface area contributed by atoms with Gasteiger partial charge in [0.15, 0.2) is 0 Å². The lowest BCUT2D eigenvalue weighted by atomic mass is 10.3. The first-order valence-electron chi connectivity index (χ1n) is 5.70. The Kier molecular flexibility index (Phi) is 8.14. The topological polar surface area (TPSA) is 139 Å². The van der Waals surface area contributed by atoms with Crippen molar-refractivity contribution >= 4 is 15.2 Å². The van der Waals surface area contributed by atoms with Crippen LogP contribution in [0.2, 0.25) is 0 Å². The van der Waals surface area contributed by atoms with Crippen LogP contribution in [0.1, 0.15) is 12.8 Å². The molecule has 0 aliphatic rings. The molecule has 0 heterocycles. The van der Waals surface area contributed by atoms with Crippen molar-refractivity contribution in [3.8, 4) is 0 Å². The van der Waals surface area contributed by atoms with Gasteiger partial charge < -0.3 is 38.2 Å². The minimum Gasteiger partial charge on any atom is -0.774 e. The molecule has 134 valence electrons. The number of hydrogen-bond donors (Lipinski definition) is 2. The second-order valence-corrected chi connectivity index (χ2v) is 7.57. The van der Waals surface area contributed by atoms with E-state index in [1.165, 1.54) is 0 Å². The van der Waals surface area contributed by atoms with Gasteiger partial charge in [0, 0.05) is 13.2 Å². The van der Waals surface area contributed by atoms with Crippen LogP contribution in [-0.2, 0) is 18.6 Å². The summed E-state index contributed by atoms with van der Waals surface area (Å²) in [6.45, 7) is -3.86. The molecule has 22 heavy (non-hydrogen) atoms. The van der Waals surface area contributed by atoms with Crippen LogP contribution in [-0.4, -0.2) is 47.5 Å². The summed E-state index contributed by atoms with van der Waals surface area (Å²) in [4.78, 5) is 36.8. The number of ether oxygens (including phenoxy) is 2. The second kappa shape index (κ2) is 8.16. The third-order valence-electron chi connectivity index (χ3n) is 2.21. The van der Waals surface area contributed by atoms with E-state index in [4.69, 9.17) is 9.79 Å². The number of hydrogen-bond acceptors (Lipinski definition) is 6. The highest BCUT2D eigenvalue weighted by molar-refractivity contribution is 7.51. The minimum atomic E-state index is -5.87. The maximum atomic E-state index is 12.7. The smallest absolute Gasteiger partial charge is 0.331 e. The third kappa shape index (κ3) is 7.47. The molecule has 0 aliphatic carbocycles. The lowest BCUT2D eigenvalue weighted by molar-refractivity contribution is -0.221. The Morgan fingerprint density at radius 1 is 0.818 bits per heavy atom. The van der Waals surface area contributed by atoms with Crippen LogP contribution in [0.15, 0.2) is 0 Å². The number of halogens is 4. The summed E-state index contributed by atoms with van der Waals surface area (Å²) in [6, 6.07) is 0. The van der Waals surface area contributed by atoms with Gasteiger partial charge in [0.05, 0.1) is 0 Å². The quantitative estimate of drug-likeness (QED) is 0.294. The summed E-state index contributed by atoms with van der Waals surface area (Å²) in [5, 5.41) is 0. The fourth-order valence-corrected chi connectivity index (χ4v) is 1.47. The predicted octanol–water partition coefficient (Wildman–Crippen LogP) is 0.0768. The largest absolute Gasteiger partial charge is 0.774 e. The molecule has 0 spiro atoms. The van der Waals surface area contributed by atoms with Crippen LogP contribution < -0.4 is 9.79 Å². The SMILES string of the molecule is O=P([O-])(O)C(F)(F)COCCCCOCC(F)(F)P(=O)([O-])O. The maximum Gasteiger partial charge on any atom is 0.331 e. The Morgan fingerprint density at radius 3 is 1.32 bits per heavy atom. The zero-order valence-corrected chi connectivity index (χ0v) is 12.8. The molecule has 2 N–H and O–H groups in total. The molecule has 8 nitrogen and oxygen atoms in total. The third-order valence-corrected chi connectivity index (χ3v) is 4.12. The molecule has 2 unspecified atom stereocenters. The molecule has 0 aromatic rings. The van der Waals surface area contributed by atoms with Gasteiger partial charge in [-0.2, -0.15) is 17.6 Å². The van der Waals surface area contributed by atoms with Crippen molar-refractivity contribution in [2.75, 3.05) is 26.4 Å². The first-order chi connectivity index (χ1) is 9.71. The van der Waals surface area contributed by atoms with E-state index in [2.05, 4.69) is 9.47 Å². The summed E-state index contributed by atoms with van der Waals surface area (Å²) in [5.74, 6) is 0. The Morgan fingerprint density at radius 2 is 1.09 bits per heavy atom. The van der Waals surface area contributed by atoms with E-state index in [9.17, 15) is 36.5 Å². The molecule has 0 rings (SSSR count). The summed E-state index contributed by atoms with van der Waals surface area (Å²) < 4.78 is 79.7. The van der Waals surface area contributed by atoms with Crippen molar-refractivity contribution in [2.45, 2.75) is 24.2 Å². The van der Waals surface area contributed by atoms with Crippen LogP contribution in [0.25, 0.3) is 0 Å². The fourth-order valence-electron chi connectivity index (χ4n) is 0.961. The van der Waals surface area contributed by atoms with Crippen molar-refractivity contribution < 1.29 is 55.7 Å². The van der Waals surface area contributed by atoms with E-state index in [0.717, 1.165) is 0 Å². The number of unbranched alkanes of at least 4 members (excludes halogenated alkanes) is 1. The predicted molar refractivity (Wildman–Crippen MR) is 60.4 cm³/mol. The molecule has 0 fully saturated rings. The Labute approximate surface area is 122 Å².